The summed E-state index contributed by atoms with van der Waals surface area (Å²) in [5.74, 6) is 0.289. The third-order valence-electron chi connectivity index (χ3n) is 5.85. The van der Waals surface area contributed by atoms with Crippen molar-refractivity contribution in [3.8, 4) is 0 Å². The maximum Gasteiger partial charge on any atom is 0.266 e. The lowest BCUT2D eigenvalue weighted by atomic mass is 10.1. The highest BCUT2D eigenvalue weighted by Crippen LogP contribution is 2.31. The van der Waals surface area contributed by atoms with Crippen LogP contribution in [0.3, 0.4) is 0 Å². The number of halogens is 1. The highest BCUT2D eigenvalue weighted by Gasteiger charge is 2.22. The molecule has 9 heteroatoms. The number of aromatic nitrogens is 3. The van der Waals surface area contributed by atoms with E-state index in [4.69, 9.17) is 16.6 Å². The number of carbonyl (C=O) groups excluding carboxylic acids is 1. The first-order valence-electron chi connectivity index (χ1n) is 11.7. The first-order valence-corrected chi connectivity index (χ1v) is 13.8. The number of fused-ring (bicyclic) bond motifs is 1. The van der Waals surface area contributed by atoms with E-state index in [1.807, 2.05) is 48.5 Å². The molecule has 0 aliphatic rings. The van der Waals surface area contributed by atoms with E-state index >= 15 is 0 Å². The van der Waals surface area contributed by atoms with E-state index in [2.05, 4.69) is 10.3 Å². The quantitative estimate of drug-likeness (QED) is 0.175. The molecule has 0 saturated carbocycles. The summed E-state index contributed by atoms with van der Waals surface area (Å²) in [6.45, 7) is 2.28. The molecule has 0 spiro atoms. The smallest absolute Gasteiger partial charge is 0.266 e. The van der Waals surface area contributed by atoms with Crippen molar-refractivity contribution in [3.05, 3.63) is 116 Å². The lowest BCUT2D eigenvalue weighted by molar-refractivity contribution is 0.103. The standard InChI is InChI=1S/C28H23ClN4O2S2/c1-18-23-26(37-24(18)25(34)31-21-12-7-10-20(29)16-21)32-28(36-17-22-11-5-6-14-30-22)33(27(23)35)15-13-19-8-3-2-4-9-19/h2-12,14,16H,13,15,17H2,1H3,(H,31,34). The van der Waals surface area contributed by atoms with Crippen molar-refractivity contribution in [1.29, 1.82) is 0 Å². The molecule has 0 aliphatic heterocycles. The molecule has 3 aromatic heterocycles. The van der Waals surface area contributed by atoms with Gasteiger partial charge < -0.3 is 5.32 Å². The van der Waals surface area contributed by atoms with Gasteiger partial charge in [-0.3, -0.25) is 19.1 Å². The monoisotopic (exact) mass is 546 g/mol. The van der Waals surface area contributed by atoms with Gasteiger partial charge in [-0.1, -0.05) is 65.8 Å². The van der Waals surface area contributed by atoms with Crippen LogP contribution in [0.1, 0.15) is 26.5 Å². The van der Waals surface area contributed by atoms with Crippen molar-refractivity contribution in [2.24, 2.45) is 0 Å². The molecule has 0 atom stereocenters. The zero-order valence-electron chi connectivity index (χ0n) is 20.0. The number of thioether (sulfide) groups is 1. The molecule has 2 aromatic carbocycles. The molecule has 1 amide bonds. The van der Waals surface area contributed by atoms with Crippen LogP contribution >= 0.6 is 34.7 Å². The van der Waals surface area contributed by atoms with Crippen LogP contribution in [0.15, 0.2) is 88.9 Å². The summed E-state index contributed by atoms with van der Waals surface area (Å²) in [5.41, 5.74) is 3.13. The van der Waals surface area contributed by atoms with Crippen molar-refractivity contribution in [2.45, 2.75) is 30.8 Å². The van der Waals surface area contributed by atoms with Gasteiger partial charge in [-0.25, -0.2) is 4.98 Å². The Balaban J connectivity index is 1.52. The lowest BCUT2D eigenvalue weighted by Gasteiger charge is -2.12. The second-order valence-corrected chi connectivity index (χ2v) is 10.8. The molecule has 37 heavy (non-hydrogen) atoms. The molecule has 6 nitrogen and oxygen atoms in total. The minimum Gasteiger partial charge on any atom is -0.321 e. The number of rotatable bonds is 8. The van der Waals surface area contributed by atoms with Crippen molar-refractivity contribution in [2.75, 3.05) is 5.32 Å². The van der Waals surface area contributed by atoms with Gasteiger partial charge in [0.25, 0.3) is 11.5 Å². The number of amides is 1. The Hall–Kier alpha value is -3.46. The fraction of sp³-hybridized carbons (Fsp3) is 0.143. The molecule has 0 saturated heterocycles. The fourth-order valence-electron chi connectivity index (χ4n) is 3.98. The second kappa shape index (κ2) is 11.3. The summed E-state index contributed by atoms with van der Waals surface area (Å²) in [6.07, 6.45) is 2.44. The number of hydrogen-bond donors (Lipinski definition) is 1. The third-order valence-corrected chi connectivity index (χ3v) is 8.28. The highest BCUT2D eigenvalue weighted by atomic mass is 35.5. The Morgan fingerprint density at radius 3 is 2.65 bits per heavy atom. The topological polar surface area (TPSA) is 76.9 Å². The SMILES string of the molecule is Cc1c(C(=O)Nc2cccc(Cl)c2)sc2nc(SCc3ccccn3)n(CCc3ccccc3)c(=O)c12. The van der Waals surface area contributed by atoms with Crippen molar-refractivity contribution < 1.29 is 4.79 Å². The van der Waals surface area contributed by atoms with Gasteiger partial charge in [0, 0.05) is 29.2 Å². The van der Waals surface area contributed by atoms with Crippen LogP contribution in [-0.4, -0.2) is 20.4 Å². The van der Waals surface area contributed by atoms with E-state index in [9.17, 15) is 9.59 Å². The lowest BCUT2D eigenvalue weighted by Crippen LogP contribution is -2.24. The van der Waals surface area contributed by atoms with Crippen LogP contribution in [-0.2, 0) is 18.7 Å². The zero-order chi connectivity index (χ0) is 25.8. The Kier molecular flexibility index (Phi) is 7.69. The first-order chi connectivity index (χ1) is 18.0. The summed E-state index contributed by atoms with van der Waals surface area (Å²) >= 11 is 8.77. The summed E-state index contributed by atoms with van der Waals surface area (Å²) in [6, 6.07) is 22.8. The van der Waals surface area contributed by atoms with Crippen molar-refractivity contribution in [3.63, 3.8) is 0 Å². The van der Waals surface area contributed by atoms with E-state index in [-0.39, 0.29) is 11.5 Å². The van der Waals surface area contributed by atoms with E-state index in [0.29, 0.717) is 55.2 Å². The Labute approximate surface area is 227 Å². The van der Waals surface area contributed by atoms with Gasteiger partial charge in [0.1, 0.15) is 4.83 Å². The number of carbonyl (C=O) groups is 1. The number of hydrogen-bond acceptors (Lipinski definition) is 6. The normalized spacial score (nSPS) is 11.1. The van der Waals surface area contributed by atoms with Crippen LogP contribution in [0.2, 0.25) is 5.02 Å². The minimum atomic E-state index is -0.291. The summed E-state index contributed by atoms with van der Waals surface area (Å²) < 4.78 is 1.72. The third kappa shape index (κ3) is 5.77. The highest BCUT2D eigenvalue weighted by molar-refractivity contribution is 7.98. The average Bonchev–Trinajstić information content (AvgIpc) is 3.24. The maximum absolute atomic E-state index is 13.8. The molecule has 0 aliphatic carbocycles. The zero-order valence-corrected chi connectivity index (χ0v) is 22.4. The predicted octanol–water partition coefficient (Wildman–Crippen LogP) is 6.60. The average molecular weight is 547 g/mol. The molecule has 0 bridgehead atoms. The Morgan fingerprint density at radius 2 is 1.89 bits per heavy atom. The maximum atomic E-state index is 13.8. The van der Waals surface area contributed by atoms with E-state index in [1.54, 1.807) is 42.0 Å². The molecule has 1 N–H and O–H groups in total. The Morgan fingerprint density at radius 1 is 1.08 bits per heavy atom. The molecule has 0 fully saturated rings. The molecule has 0 unspecified atom stereocenters. The van der Waals surface area contributed by atoms with Gasteiger partial charge in [0.05, 0.1) is 16.0 Å². The number of thiophene rings is 1. The molecule has 5 aromatic rings. The second-order valence-electron chi connectivity index (χ2n) is 8.40. The summed E-state index contributed by atoms with van der Waals surface area (Å²) in [4.78, 5) is 37.2. The van der Waals surface area contributed by atoms with Gasteiger partial charge in [-0.2, -0.15) is 0 Å². The molecule has 186 valence electrons. The van der Waals surface area contributed by atoms with Crippen LogP contribution < -0.4 is 10.9 Å². The van der Waals surface area contributed by atoms with Gasteiger partial charge in [0.15, 0.2) is 5.16 Å². The number of anilines is 1. The molecular formula is C28H23ClN4O2S2. The number of aryl methyl sites for hydroxylation is 2. The summed E-state index contributed by atoms with van der Waals surface area (Å²) in [7, 11) is 0. The molecular weight excluding hydrogens is 524 g/mol. The van der Waals surface area contributed by atoms with Crippen LogP contribution in [0, 0.1) is 6.92 Å². The molecule has 3 heterocycles. The summed E-state index contributed by atoms with van der Waals surface area (Å²) in [5, 5.41) is 4.51. The number of nitrogens with one attached hydrogen (secondary N) is 1. The number of nitrogens with zero attached hydrogens (tertiary/aromatic N) is 3. The number of pyridine rings is 1. The molecule has 5 rings (SSSR count). The largest absolute Gasteiger partial charge is 0.321 e. The van der Waals surface area contributed by atoms with Crippen molar-refractivity contribution >= 4 is 56.5 Å². The van der Waals surface area contributed by atoms with Crippen LogP contribution in [0.25, 0.3) is 10.2 Å². The van der Waals surface area contributed by atoms with Gasteiger partial charge in [-0.15, -0.1) is 11.3 Å². The van der Waals surface area contributed by atoms with Gasteiger partial charge in [0.2, 0.25) is 0 Å². The van der Waals surface area contributed by atoms with Gasteiger partial charge >= 0.3 is 0 Å². The van der Waals surface area contributed by atoms with Gasteiger partial charge in [-0.05, 0) is 54.8 Å². The minimum absolute atomic E-state index is 0.139. The van der Waals surface area contributed by atoms with E-state index < -0.39 is 0 Å². The van der Waals surface area contributed by atoms with E-state index in [1.165, 1.54) is 23.1 Å². The van der Waals surface area contributed by atoms with E-state index in [0.717, 1.165) is 11.3 Å². The van der Waals surface area contributed by atoms with Crippen molar-refractivity contribution in [1.82, 2.24) is 14.5 Å². The fourth-order valence-corrected chi connectivity index (χ4v) is 6.23. The Bertz CT molecular complexity index is 1620. The predicted molar refractivity (Wildman–Crippen MR) is 152 cm³/mol. The number of benzene rings is 2. The van der Waals surface area contributed by atoms with Crippen LogP contribution in [0.5, 0.6) is 0 Å². The van der Waals surface area contributed by atoms with Crippen LogP contribution in [0.4, 0.5) is 5.69 Å². The molecule has 0 radical (unpaired) electrons. The first kappa shape index (κ1) is 25.2.